The molecular weight excluding hydrogens is 728 g/mol. The topological polar surface area (TPSA) is 141 Å². The van der Waals surface area contributed by atoms with Crippen molar-refractivity contribution in [2.75, 3.05) is 6.79 Å². The average Bonchev–Trinajstić information content (AvgIpc) is 3.44. The number of rotatable bonds is 6. The van der Waals surface area contributed by atoms with Gasteiger partial charge in [-0.2, -0.15) is 0 Å². The van der Waals surface area contributed by atoms with E-state index in [2.05, 4.69) is 0 Å². The molecule has 1 atom stereocenters. The van der Waals surface area contributed by atoms with Crippen LogP contribution in [0.3, 0.4) is 0 Å². The van der Waals surface area contributed by atoms with Crippen LogP contribution in [0, 0.1) is 6.92 Å². The van der Waals surface area contributed by atoms with E-state index in [4.69, 9.17) is 40.0 Å². The number of aryl methyl sites for hydroxylation is 1. The third-order valence-corrected chi connectivity index (χ3v) is 9.92. The van der Waals surface area contributed by atoms with E-state index < -0.39 is 42.2 Å². The molecule has 1 unspecified atom stereocenters. The van der Waals surface area contributed by atoms with Crippen molar-refractivity contribution in [1.82, 2.24) is 0 Å². The van der Waals surface area contributed by atoms with Crippen LogP contribution in [0.25, 0.3) is 32.7 Å². The van der Waals surface area contributed by atoms with Gasteiger partial charge in [-0.25, -0.2) is 9.59 Å². The molecule has 0 radical (unpaired) electrons. The highest BCUT2D eigenvalue weighted by Gasteiger charge is 2.56. The average molecular weight is 757 g/mol. The molecule has 0 bridgehead atoms. The normalized spacial score (nSPS) is 15.0. The number of carbonyl (C=O) groups is 5. The minimum atomic E-state index is -1.94. The van der Waals surface area contributed by atoms with E-state index in [0.29, 0.717) is 5.56 Å². The van der Waals surface area contributed by atoms with Crippen molar-refractivity contribution in [3.63, 3.8) is 0 Å². The SMILES string of the molecule is CC(=O)OCOC(=O)c1cccc2c1C1(OC2=O)c2cc(Cl)c(OC(C)=O)cc2Oc2cc(OC(C)=O)c(-c3c4ccccc4c(C)c4ccccc34)cc21. The third kappa shape index (κ3) is 5.71. The Labute approximate surface area is 318 Å². The highest BCUT2D eigenvalue weighted by Crippen LogP contribution is 2.60. The highest BCUT2D eigenvalue weighted by atomic mass is 35.5. The fraction of sp³-hybridized carbons (Fsp3) is 0.140. The summed E-state index contributed by atoms with van der Waals surface area (Å²) >= 11 is 6.74. The fourth-order valence-electron chi connectivity index (χ4n) is 7.52. The van der Waals surface area contributed by atoms with Gasteiger partial charge in [0.15, 0.2) is 11.4 Å². The Kier molecular flexibility index (Phi) is 8.54. The van der Waals surface area contributed by atoms with Crippen LogP contribution in [0.4, 0.5) is 0 Å². The van der Waals surface area contributed by atoms with Crippen LogP contribution in [-0.2, 0) is 34.2 Å². The van der Waals surface area contributed by atoms with E-state index in [1.165, 1.54) is 57.2 Å². The van der Waals surface area contributed by atoms with Crippen molar-refractivity contribution in [2.24, 2.45) is 0 Å². The van der Waals surface area contributed by atoms with Crippen LogP contribution in [0.5, 0.6) is 23.0 Å². The number of benzene rings is 6. The molecule has 8 rings (SSSR count). The summed E-state index contributed by atoms with van der Waals surface area (Å²) in [5, 5.41) is 3.60. The third-order valence-electron chi connectivity index (χ3n) is 9.63. The maximum absolute atomic E-state index is 14.0. The monoisotopic (exact) mass is 756 g/mol. The molecule has 0 aromatic heterocycles. The summed E-state index contributed by atoms with van der Waals surface area (Å²) in [6.07, 6.45) is 0. The van der Waals surface area contributed by atoms with Crippen molar-refractivity contribution < 1.29 is 52.4 Å². The lowest BCUT2D eigenvalue weighted by molar-refractivity contribution is -0.149. The van der Waals surface area contributed by atoms with Crippen molar-refractivity contribution in [2.45, 2.75) is 33.3 Å². The standard InChI is InChI=1S/C43H29ClO11/c1-21-25-10-5-7-12-27(25)39(28-13-8-6-11-26(21)28)31-16-32-36(18-35(31)52-23(3)46)54-37-19-38(53-24(4)47)34(44)17-33(37)43(32)40-29(41(48)51-20-50-22(2)45)14-9-15-30(40)42(49)55-43/h5-19H,20H2,1-4H3. The Bertz CT molecular complexity index is 2640. The lowest BCUT2D eigenvalue weighted by atomic mass is 9.74. The Morgan fingerprint density at radius 1 is 0.673 bits per heavy atom. The summed E-state index contributed by atoms with van der Waals surface area (Å²) in [6.45, 7) is 5.01. The molecule has 11 nitrogen and oxygen atoms in total. The molecule has 2 heterocycles. The Balaban J connectivity index is 1.49. The van der Waals surface area contributed by atoms with E-state index in [0.717, 1.165) is 32.7 Å². The second kappa shape index (κ2) is 13.3. The molecule has 274 valence electrons. The molecule has 6 aromatic carbocycles. The first-order valence-corrected chi connectivity index (χ1v) is 17.4. The van der Waals surface area contributed by atoms with Gasteiger partial charge in [0.25, 0.3) is 0 Å². The summed E-state index contributed by atoms with van der Waals surface area (Å²) in [4.78, 5) is 64.1. The predicted molar refractivity (Wildman–Crippen MR) is 200 cm³/mol. The number of halogens is 1. The summed E-state index contributed by atoms with van der Waals surface area (Å²) < 4.78 is 34.4. The zero-order valence-corrected chi connectivity index (χ0v) is 30.5. The van der Waals surface area contributed by atoms with Crippen LogP contribution in [0.2, 0.25) is 5.02 Å². The van der Waals surface area contributed by atoms with Gasteiger partial charge < -0.3 is 28.4 Å². The van der Waals surface area contributed by atoms with Crippen LogP contribution in [0.1, 0.15) is 63.7 Å². The summed E-state index contributed by atoms with van der Waals surface area (Å²) in [7, 11) is 0. The largest absolute Gasteiger partial charge is 0.456 e. The van der Waals surface area contributed by atoms with Crippen LogP contribution in [0.15, 0.2) is 91.0 Å². The van der Waals surface area contributed by atoms with Gasteiger partial charge in [0, 0.05) is 60.7 Å². The molecule has 0 saturated carbocycles. The van der Waals surface area contributed by atoms with E-state index in [1.54, 1.807) is 6.07 Å². The molecule has 55 heavy (non-hydrogen) atoms. The fourth-order valence-corrected chi connectivity index (χ4v) is 7.73. The van der Waals surface area contributed by atoms with Crippen molar-refractivity contribution >= 4 is 63.0 Å². The van der Waals surface area contributed by atoms with Gasteiger partial charge in [0.05, 0.1) is 16.1 Å². The van der Waals surface area contributed by atoms with Crippen LogP contribution >= 0.6 is 11.6 Å². The van der Waals surface area contributed by atoms with Crippen molar-refractivity contribution in [1.29, 1.82) is 0 Å². The molecule has 2 aliphatic rings. The molecular formula is C43H29ClO11. The second-order valence-corrected chi connectivity index (χ2v) is 13.4. The molecule has 6 aromatic rings. The van der Waals surface area contributed by atoms with Crippen LogP contribution in [-0.4, -0.2) is 36.6 Å². The zero-order chi connectivity index (χ0) is 38.8. The first kappa shape index (κ1) is 35.3. The van der Waals surface area contributed by atoms with Gasteiger partial charge in [-0.3, -0.25) is 14.4 Å². The predicted octanol–water partition coefficient (Wildman–Crippen LogP) is 8.72. The smallest absolute Gasteiger partial charge is 0.341 e. The lowest BCUT2D eigenvalue weighted by Gasteiger charge is -2.38. The zero-order valence-electron chi connectivity index (χ0n) is 29.7. The highest BCUT2D eigenvalue weighted by molar-refractivity contribution is 6.32. The lowest BCUT2D eigenvalue weighted by Crippen LogP contribution is -2.35. The molecule has 0 aliphatic carbocycles. The van der Waals surface area contributed by atoms with E-state index >= 15 is 0 Å². The van der Waals surface area contributed by atoms with Crippen LogP contribution < -0.4 is 14.2 Å². The van der Waals surface area contributed by atoms with Crippen molar-refractivity contribution in [3.05, 3.63) is 129 Å². The Morgan fingerprint density at radius 2 is 1.25 bits per heavy atom. The van der Waals surface area contributed by atoms with Gasteiger partial charge in [0.2, 0.25) is 6.79 Å². The first-order valence-electron chi connectivity index (χ1n) is 17.0. The molecule has 0 saturated heterocycles. The van der Waals surface area contributed by atoms with Gasteiger partial charge in [-0.15, -0.1) is 0 Å². The van der Waals surface area contributed by atoms with E-state index in [-0.39, 0.29) is 55.8 Å². The van der Waals surface area contributed by atoms with Gasteiger partial charge in [0.1, 0.15) is 17.2 Å². The number of hydrogen-bond donors (Lipinski definition) is 0. The summed E-state index contributed by atoms with van der Waals surface area (Å²) in [5.74, 6) is -3.37. The molecule has 1 spiro atoms. The van der Waals surface area contributed by atoms with Gasteiger partial charge >= 0.3 is 29.8 Å². The molecule has 0 fully saturated rings. The number of ether oxygens (including phenoxy) is 6. The summed E-state index contributed by atoms with van der Waals surface area (Å²) in [6, 6.07) is 26.2. The van der Waals surface area contributed by atoms with E-state index in [1.807, 2.05) is 55.5 Å². The Morgan fingerprint density at radius 3 is 1.87 bits per heavy atom. The molecule has 0 amide bonds. The number of hydrogen-bond acceptors (Lipinski definition) is 11. The minimum Gasteiger partial charge on any atom is -0.456 e. The van der Waals surface area contributed by atoms with Crippen molar-refractivity contribution in [3.8, 4) is 34.1 Å². The molecule has 0 N–H and O–H groups in total. The molecule has 12 heteroatoms. The number of fused-ring (bicyclic) bond motifs is 8. The Hall–Kier alpha value is -6.72. The number of esters is 5. The van der Waals surface area contributed by atoms with Gasteiger partial charge in [-0.1, -0.05) is 66.2 Å². The quantitative estimate of drug-likeness (QED) is 0.0697. The van der Waals surface area contributed by atoms with Gasteiger partial charge in [-0.05, 0) is 58.3 Å². The minimum absolute atomic E-state index is 0.0212. The summed E-state index contributed by atoms with van der Waals surface area (Å²) in [5.41, 5.74) is 0.785. The maximum atomic E-state index is 14.0. The first-order chi connectivity index (χ1) is 26.4. The second-order valence-electron chi connectivity index (χ2n) is 13.0. The van der Waals surface area contributed by atoms with E-state index in [9.17, 15) is 24.0 Å². The maximum Gasteiger partial charge on any atom is 0.341 e. The molecule has 2 aliphatic heterocycles. The number of carbonyl (C=O) groups excluding carboxylic acids is 5.